The molecule has 0 fully saturated rings. The molecule has 0 aliphatic carbocycles. The second-order valence-corrected chi connectivity index (χ2v) is 8.41. The van der Waals surface area contributed by atoms with Crippen molar-refractivity contribution in [3.05, 3.63) is 96.6 Å². The zero-order chi connectivity index (χ0) is 21.2. The third-order valence-electron chi connectivity index (χ3n) is 4.96. The van der Waals surface area contributed by atoms with E-state index in [1.165, 1.54) is 0 Å². The van der Waals surface area contributed by atoms with Crippen molar-refractivity contribution in [1.29, 1.82) is 0 Å². The molecule has 4 nitrogen and oxygen atoms in total. The Morgan fingerprint density at radius 2 is 1.58 bits per heavy atom. The minimum Gasteiger partial charge on any atom is -0.332 e. The summed E-state index contributed by atoms with van der Waals surface area (Å²) < 4.78 is 1.12. The molecule has 4 aromatic carbocycles. The summed E-state index contributed by atoms with van der Waals surface area (Å²) >= 11 is 7.07. The maximum atomic E-state index is 12.9. The van der Waals surface area contributed by atoms with Crippen molar-refractivity contribution >= 4 is 61.3 Å². The Morgan fingerprint density at radius 3 is 2.48 bits per heavy atom. The summed E-state index contributed by atoms with van der Waals surface area (Å²) in [6.07, 6.45) is 0. The van der Waals surface area contributed by atoms with Gasteiger partial charge in [-0.3, -0.25) is 10.1 Å². The number of rotatable bonds is 3. The van der Waals surface area contributed by atoms with E-state index in [1.807, 2.05) is 78.9 Å². The highest BCUT2D eigenvalue weighted by Gasteiger charge is 2.14. The summed E-state index contributed by atoms with van der Waals surface area (Å²) in [7, 11) is 0. The van der Waals surface area contributed by atoms with Gasteiger partial charge in [0.2, 0.25) is 0 Å². The van der Waals surface area contributed by atoms with Crippen LogP contribution in [0, 0.1) is 0 Å². The van der Waals surface area contributed by atoms with Gasteiger partial charge in [-0.25, -0.2) is 4.98 Å². The first-order valence-electron chi connectivity index (χ1n) is 9.74. The zero-order valence-electron chi connectivity index (χ0n) is 16.3. The molecule has 0 spiro atoms. The van der Waals surface area contributed by atoms with Crippen molar-refractivity contribution in [2.75, 3.05) is 5.32 Å². The molecule has 2 N–H and O–H groups in total. The van der Waals surface area contributed by atoms with Gasteiger partial charge in [0.05, 0.1) is 15.9 Å². The Bertz CT molecular complexity index is 1400. The molecule has 0 bridgehead atoms. The number of amides is 1. The number of nitrogens with one attached hydrogen (secondary N) is 2. The third kappa shape index (κ3) is 3.91. The van der Waals surface area contributed by atoms with Crippen molar-refractivity contribution in [3.8, 4) is 10.6 Å². The first-order chi connectivity index (χ1) is 15.2. The summed E-state index contributed by atoms with van der Waals surface area (Å²) in [6.45, 7) is 0. The topological polar surface area (TPSA) is 54.0 Å². The van der Waals surface area contributed by atoms with Gasteiger partial charge in [0.25, 0.3) is 5.91 Å². The molecule has 1 heterocycles. The molecule has 0 unspecified atom stereocenters. The van der Waals surface area contributed by atoms with E-state index >= 15 is 0 Å². The lowest BCUT2D eigenvalue weighted by Gasteiger charge is -2.13. The van der Waals surface area contributed by atoms with E-state index in [1.54, 1.807) is 17.4 Å². The van der Waals surface area contributed by atoms with Crippen molar-refractivity contribution in [1.82, 2.24) is 10.3 Å². The molecule has 0 atom stereocenters. The molecule has 6 heteroatoms. The molecule has 5 aromatic rings. The van der Waals surface area contributed by atoms with Crippen LogP contribution in [0.1, 0.15) is 10.4 Å². The van der Waals surface area contributed by atoms with Crippen LogP contribution in [0.25, 0.3) is 31.6 Å². The Kier molecular flexibility index (Phi) is 5.16. The van der Waals surface area contributed by atoms with Gasteiger partial charge in [0.15, 0.2) is 5.11 Å². The van der Waals surface area contributed by atoms with E-state index in [2.05, 4.69) is 16.7 Å². The summed E-state index contributed by atoms with van der Waals surface area (Å²) in [6, 6.07) is 29.3. The normalized spacial score (nSPS) is 10.8. The predicted octanol–water partition coefficient (Wildman–Crippen LogP) is 6.24. The number of hydrogen-bond donors (Lipinski definition) is 2. The van der Waals surface area contributed by atoms with Crippen LogP contribution in [0.5, 0.6) is 0 Å². The Hall–Kier alpha value is -3.61. The van der Waals surface area contributed by atoms with Crippen molar-refractivity contribution in [3.63, 3.8) is 0 Å². The molecule has 5 rings (SSSR count). The number of hydrogen-bond acceptors (Lipinski definition) is 4. The lowest BCUT2D eigenvalue weighted by Crippen LogP contribution is -2.34. The highest BCUT2D eigenvalue weighted by atomic mass is 32.1. The molecule has 31 heavy (non-hydrogen) atoms. The van der Waals surface area contributed by atoms with E-state index < -0.39 is 0 Å². The van der Waals surface area contributed by atoms with Gasteiger partial charge in [0, 0.05) is 11.1 Å². The van der Waals surface area contributed by atoms with Gasteiger partial charge in [-0.1, -0.05) is 60.7 Å². The molecule has 0 saturated heterocycles. The van der Waals surface area contributed by atoms with Crippen molar-refractivity contribution in [2.45, 2.75) is 0 Å². The van der Waals surface area contributed by atoms with Crippen molar-refractivity contribution < 1.29 is 4.79 Å². The van der Waals surface area contributed by atoms with Gasteiger partial charge in [-0.15, -0.1) is 11.3 Å². The van der Waals surface area contributed by atoms with Crippen LogP contribution in [-0.4, -0.2) is 16.0 Å². The fourth-order valence-corrected chi connectivity index (χ4v) is 4.72. The lowest BCUT2D eigenvalue weighted by molar-refractivity contribution is 0.0979. The van der Waals surface area contributed by atoms with Gasteiger partial charge in [0.1, 0.15) is 5.01 Å². The van der Waals surface area contributed by atoms with Gasteiger partial charge < -0.3 is 5.32 Å². The number of thiazole rings is 1. The minimum atomic E-state index is -0.244. The van der Waals surface area contributed by atoms with Crippen molar-refractivity contribution in [2.24, 2.45) is 0 Å². The average Bonchev–Trinajstić information content (AvgIpc) is 3.23. The predicted molar refractivity (Wildman–Crippen MR) is 133 cm³/mol. The molecular weight excluding hydrogens is 422 g/mol. The quantitative estimate of drug-likeness (QED) is 0.327. The molecular formula is C25H17N3OS2. The summed E-state index contributed by atoms with van der Waals surface area (Å²) in [5, 5.41) is 9.01. The van der Waals surface area contributed by atoms with Crippen LogP contribution in [0.2, 0.25) is 0 Å². The second kappa shape index (κ2) is 8.26. The zero-order valence-corrected chi connectivity index (χ0v) is 18.0. The Labute approximate surface area is 188 Å². The van der Waals surface area contributed by atoms with E-state index in [4.69, 9.17) is 17.2 Å². The first kappa shape index (κ1) is 19.4. The number of thiocarbonyl (C=S) groups is 1. The van der Waals surface area contributed by atoms with E-state index in [0.717, 1.165) is 37.2 Å². The third-order valence-corrected chi connectivity index (χ3v) is 6.23. The average molecular weight is 440 g/mol. The molecule has 0 aliphatic rings. The number of para-hydroxylation sites is 2. The summed E-state index contributed by atoms with van der Waals surface area (Å²) in [5.74, 6) is -0.244. The van der Waals surface area contributed by atoms with E-state index in [0.29, 0.717) is 5.56 Å². The Balaban J connectivity index is 1.39. The first-order valence-corrected chi connectivity index (χ1v) is 11.0. The molecule has 0 aliphatic heterocycles. The molecule has 0 radical (unpaired) electrons. The van der Waals surface area contributed by atoms with Gasteiger partial charge in [-0.2, -0.15) is 0 Å². The number of anilines is 1. The largest absolute Gasteiger partial charge is 0.332 e. The molecule has 150 valence electrons. The van der Waals surface area contributed by atoms with E-state index in [9.17, 15) is 4.79 Å². The van der Waals surface area contributed by atoms with Crippen LogP contribution < -0.4 is 10.6 Å². The van der Waals surface area contributed by atoms with Gasteiger partial charge >= 0.3 is 0 Å². The monoisotopic (exact) mass is 439 g/mol. The van der Waals surface area contributed by atoms with Crippen LogP contribution in [0.3, 0.4) is 0 Å². The number of benzene rings is 4. The van der Waals surface area contributed by atoms with Gasteiger partial charge in [-0.05, 0) is 53.3 Å². The highest BCUT2D eigenvalue weighted by molar-refractivity contribution is 7.80. The summed E-state index contributed by atoms with van der Waals surface area (Å²) in [4.78, 5) is 17.6. The van der Waals surface area contributed by atoms with Crippen LogP contribution in [0.15, 0.2) is 91.0 Å². The van der Waals surface area contributed by atoms with Crippen LogP contribution in [0.4, 0.5) is 5.69 Å². The number of aromatic nitrogens is 1. The molecule has 1 aromatic heterocycles. The number of nitrogens with zero attached hydrogens (tertiary/aromatic N) is 1. The maximum Gasteiger partial charge on any atom is 0.258 e. The number of fused-ring (bicyclic) bond motifs is 2. The summed E-state index contributed by atoms with van der Waals surface area (Å²) in [5.41, 5.74) is 3.28. The molecule has 0 saturated carbocycles. The van der Waals surface area contributed by atoms with Crippen LogP contribution >= 0.6 is 23.6 Å². The highest BCUT2D eigenvalue weighted by Crippen LogP contribution is 2.34. The minimum absolute atomic E-state index is 0.242. The smallest absolute Gasteiger partial charge is 0.258 e. The number of carbonyl (C=O) groups is 1. The maximum absolute atomic E-state index is 12.9. The molecule has 1 amide bonds. The number of carbonyl (C=O) groups excluding carboxylic acids is 1. The van der Waals surface area contributed by atoms with E-state index in [-0.39, 0.29) is 11.0 Å². The van der Waals surface area contributed by atoms with Crippen LogP contribution in [-0.2, 0) is 0 Å². The fourth-order valence-electron chi connectivity index (χ4n) is 3.51. The second-order valence-electron chi connectivity index (χ2n) is 6.97. The lowest BCUT2D eigenvalue weighted by atomic mass is 10.0. The standard InChI is InChI=1S/C25H17N3OS2/c29-23(18-12-7-9-16-8-1-2-10-17(16)18)28-25(30)27-20-13-4-3-11-19(20)24-26-21-14-5-6-15-22(21)31-24/h1-15H,(H2,27,28,29,30). The fraction of sp³-hybridized carbons (Fsp3) is 0. The SMILES string of the molecule is O=C(NC(=S)Nc1ccccc1-c1nc2ccccc2s1)c1cccc2ccccc12. The Morgan fingerprint density at radius 1 is 0.839 bits per heavy atom.